The summed E-state index contributed by atoms with van der Waals surface area (Å²) in [5.74, 6) is 9.90. The maximum atomic E-state index is 11.7. The number of esters is 2. The van der Waals surface area contributed by atoms with Gasteiger partial charge >= 0.3 is 11.9 Å². The fourth-order valence-electron chi connectivity index (χ4n) is 2.30. The zero-order valence-electron chi connectivity index (χ0n) is 16.6. The minimum absolute atomic E-state index is 0.0333. The molecule has 0 saturated heterocycles. The smallest absolute Gasteiger partial charge is 0.304 e. The van der Waals surface area contributed by atoms with E-state index in [0.29, 0.717) is 13.0 Å². The number of carbonyl (C=O) groups excluding carboxylic acids is 3. The average molecular weight is 374 g/mol. The number of ether oxygens (including phenoxy) is 2. The van der Waals surface area contributed by atoms with Gasteiger partial charge in [0.1, 0.15) is 5.78 Å². The summed E-state index contributed by atoms with van der Waals surface area (Å²) in [5.41, 5.74) is 0. The standard InChI is InChI=1S/C22H30O5/c1-5-22(27-20(4)25)16-12-11-15-21(18(2)23)14-10-8-6-7-9-13-17-26-19(3)24/h5,21-22H,1,6-10,13-14,17H2,2-4H3/t21-,22+/m0/s1. The van der Waals surface area contributed by atoms with Crippen LogP contribution in [-0.4, -0.2) is 30.4 Å². The number of hydrogen-bond donors (Lipinski definition) is 0. The van der Waals surface area contributed by atoms with Crippen LogP contribution in [0.15, 0.2) is 12.7 Å². The van der Waals surface area contributed by atoms with E-state index < -0.39 is 12.1 Å². The number of ketones is 1. The van der Waals surface area contributed by atoms with Gasteiger partial charge in [0.25, 0.3) is 0 Å². The molecule has 0 aromatic heterocycles. The Hall–Kier alpha value is -2.53. The van der Waals surface area contributed by atoms with Gasteiger partial charge in [0, 0.05) is 13.8 Å². The zero-order valence-corrected chi connectivity index (χ0v) is 16.6. The number of carbonyl (C=O) groups is 3. The highest BCUT2D eigenvalue weighted by Gasteiger charge is 2.10. The van der Waals surface area contributed by atoms with Crippen LogP contribution in [0.3, 0.4) is 0 Å². The Kier molecular flexibility index (Phi) is 14.2. The first-order chi connectivity index (χ1) is 12.9. The van der Waals surface area contributed by atoms with Gasteiger partial charge in [-0.2, -0.15) is 0 Å². The second-order valence-electron chi connectivity index (χ2n) is 6.22. The van der Waals surface area contributed by atoms with E-state index in [2.05, 4.69) is 30.3 Å². The number of rotatable bonds is 12. The summed E-state index contributed by atoms with van der Waals surface area (Å²) in [7, 11) is 0. The summed E-state index contributed by atoms with van der Waals surface area (Å²) in [6, 6.07) is 0. The molecule has 0 rings (SSSR count). The minimum Gasteiger partial charge on any atom is -0.466 e. The molecular weight excluding hydrogens is 344 g/mol. The van der Waals surface area contributed by atoms with Crippen LogP contribution in [-0.2, 0) is 23.9 Å². The van der Waals surface area contributed by atoms with Gasteiger partial charge < -0.3 is 9.47 Å². The molecule has 0 aliphatic carbocycles. The minimum atomic E-state index is -0.687. The van der Waals surface area contributed by atoms with Crippen molar-refractivity contribution in [3.05, 3.63) is 12.7 Å². The largest absolute Gasteiger partial charge is 0.466 e. The van der Waals surface area contributed by atoms with Crippen LogP contribution < -0.4 is 0 Å². The molecule has 0 amide bonds. The Labute approximate surface area is 162 Å². The highest BCUT2D eigenvalue weighted by Crippen LogP contribution is 2.13. The predicted octanol–water partition coefficient (Wildman–Crippen LogP) is 3.61. The van der Waals surface area contributed by atoms with Crippen molar-refractivity contribution in [3.8, 4) is 23.7 Å². The van der Waals surface area contributed by atoms with E-state index in [1.807, 2.05) is 0 Å². The van der Waals surface area contributed by atoms with Gasteiger partial charge in [-0.1, -0.05) is 44.6 Å². The second kappa shape index (κ2) is 15.7. The Balaban J connectivity index is 4.13. The lowest BCUT2D eigenvalue weighted by atomic mass is 9.97. The fraction of sp³-hybridized carbons (Fsp3) is 0.591. The molecule has 0 radical (unpaired) electrons. The monoisotopic (exact) mass is 374 g/mol. The molecule has 0 saturated carbocycles. The lowest BCUT2D eigenvalue weighted by molar-refractivity contribution is -0.142. The normalized spacial score (nSPS) is 11.7. The SMILES string of the molecule is C=C[C@H](C#CC#C[C@H](CCCCCCCCOC(C)=O)C(C)=O)OC(C)=O. The Morgan fingerprint density at radius 1 is 0.889 bits per heavy atom. The van der Waals surface area contributed by atoms with Crippen LogP contribution in [0, 0.1) is 29.6 Å². The van der Waals surface area contributed by atoms with Crippen molar-refractivity contribution in [3.63, 3.8) is 0 Å². The van der Waals surface area contributed by atoms with Crippen LogP contribution in [0.4, 0.5) is 0 Å². The van der Waals surface area contributed by atoms with Crippen molar-refractivity contribution in [1.29, 1.82) is 0 Å². The van der Waals surface area contributed by atoms with E-state index in [4.69, 9.17) is 9.47 Å². The number of Topliss-reactive ketones (excluding diaryl/α,β-unsaturated/α-hetero) is 1. The van der Waals surface area contributed by atoms with Crippen molar-refractivity contribution < 1.29 is 23.9 Å². The molecule has 5 nitrogen and oxygen atoms in total. The van der Waals surface area contributed by atoms with Crippen LogP contribution in [0.1, 0.15) is 65.7 Å². The second-order valence-corrected chi connectivity index (χ2v) is 6.22. The Morgan fingerprint density at radius 3 is 2.04 bits per heavy atom. The van der Waals surface area contributed by atoms with Crippen molar-refractivity contribution in [1.82, 2.24) is 0 Å². The number of unbranched alkanes of at least 4 members (excludes halogenated alkanes) is 5. The van der Waals surface area contributed by atoms with Crippen LogP contribution >= 0.6 is 0 Å². The van der Waals surface area contributed by atoms with Crippen molar-refractivity contribution in [2.45, 2.75) is 71.8 Å². The van der Waals surface area contributed by atoms with Gasteiger partial charge in [-0.05, 0) is 43.6 Å². The van der Waals surface area contributed by atoms with E-state index in [1.54, 1.807) is 0 Å². The maximum Gasteiger partial charge on any atom is 0.304 e. The highest BCUT2D eigenvalue weighted by molar-refractivity contribution is 5.81. The summed E-state index contributed by atoms with van der Waals surface area (Å²) < 4.78 is 9.78. The molecule has 5 heteroatoms. The molecule has 27 heavy (non-hydrogen) atoms. The Bertz CT molecular complexity index is 612. The summed E-state index contributed by atoms with van der Waals surface area (Å²) >= 11 is 0. The molecular formula is C22H30O5. The van der Waals surface area contributed by atoms with Gasteiger partial charge in [-0.25, -0.2) is 0 Å². The van der Waals surface area contributed by atoms with E-state index in [9.17, 15) is 14.4 Å². The lowest BCUT2D eigenvalue weighted by Gasteiger charge is -2.06. The van der Waals surface area contributed by atoms with Gasteiger partial charge in [0.15, 0.2) is 6.10 Å². The van der Waals surface area contributed by atoms with Crippen LogP contribution in [0.25, 0.3) is 0 Å². The quantitative estimate of drug-likeness (QED) is 0.226. The predicted molar refractivity (Wildman–Crippen MR) is 104 cm³/mol. The first-order valence-electron chi connectivity index (χ1n) is 9.31. The summed E-state index contributed by atoms with van der Waals surface area (Å²) in [6.45, 7) is 8.28. The van der Waals surface area contributed by atoms with E-state index in [-0.39, 0.29) is 17.7 Å². The lowest BCUT2D eigenvalue weighted by Crippen LogP contribution is -2.10. The molecule has 0 aliphatic rings. The van der Waals surface area contributed by atoms with Gasteiger partial charge in [-0.15, -0.1) is 0 Å². The first kappa shape index (κ1) is 24.5. The molecule has 0 spiro atoms. The molecule has 0 aromatic rings. The third kappa shape index (κ3) is 15.4. The van der Waals surface area contributed by atoms with Crippen molar-refractivity contribution >= 4 is 17.7 Å². The fourth-order valence-corrected chi connectivity index (χ4v) is 2.30. The highest BCUT2D eigenvalue weighted by atomic mass is 16.5. The topological polar surface area (TPSA) is 69.7 Å². The molecule has 0 N–H and O–H groups in total. The van der Waals surface area contributed by atoms with Gasteiger partial charge in [-0.3, -0.25) is 14.4 Å². The van der Waals surface area contributed by atoms with E-state index in [0.717, 1.165) is 38.5 Å². The van der Waals surface area contributed by atoms with Gasteiger partial charge in [0.05, 0.1) is 12.5 Å². The summed E-state index contributed by atoms with van der Waals surface area (Å²) in [4.78, 5) is 33.2. The molecule has 0 heterocycles. The number of hydrogen-bond acceptors (Lipinski definition) is 5. The van der Waals surface area contributed by atoms with Gasteiger partial charge in [0.2, 0.25) is 0 Å². The van der Waals surface area contributed by atoms with Crippen LogP contribution in [0.5, 0.6) is 0 Å². The van der Waals surface area contributed by atoms with Crippen LogP contribution in [0.2, 0.25) is 0 Å². The zero-order chi connectivity index (χ0) is 20.5. The average Bonchev–Trinajstić information content (AvgIpc) is 2.59. The third-order valence-electron chi connectivity index (χ3n) is 3.71. The summed E-state index contributed by atoms with van der Waals surface area (Å²) in [5, 5.41) is 0. The van der Waals surface area contributed by atoms with E-state index >= 15 is 0 Å². The molecule has 2 atom stereocenters. The maximum absolute atomic E-state index is 11.7. The molecule has 0 aliphatic heterocycles. The summed E-state index contributed by atoms with van der Waals surface area (Å²) in [6.07, 6.45) is 7.51. The molecule has 148 valence electrons. The Morgan fingerprint density at radius 2 is 1.48 bits per heavy atom. The molecule has 0 bridgehead atoms. The van der Waals surface area contributed by atoms with Crippen molar-refractivity contribution in [2.24, 2.45) is 5.92 Å². The third-order valence-corrected chi connectivity index (χ3v) is 3.71. The molecule has 0 aromatic carbocycles. The molecule has 0 fully saturated rings. The van der Waals surface area contributed by atoms with E-state index in [1.165, 1.54) is 26.8 Å². The molecule has 0 unspecified atom stereocenters. The first-order valence-corrected chi connectivity index (χ1v) is 9.31. The van der Waals surface area contributed by atoms with Crippen molar-refractivity contribution in [2.75, 3.05) is 6.61 Å².